The Hall–Kier alpha value is -0.610. The predicted molar refractivity (Wildman–Crippen MR) is 69.3 cm³/mol. The first-order chi connectivity index (χ1) is 8.70. The summed E-state index contributed by atoms with van der Waals surface area (Å²) < 4.78 is 10.7. The van der Waals surface area contributed by atoms with E-state index in [9.17, 15) is 4.79 Å². The summed E-state index contributed by atoms with van der Waals surface area (Å²) in [5, 5.41) is 3.66. The fraction of sp³-hybridized carbons (Fsp3) is 0.929. The van der Waals surface area contributed by atoms with Crippen LogP contribution < -0.4 is 5.32 Å². The number of hydrogen-bond donors (Lipinski definition) is 1. The van der Waals surface area contributed by atoms with Crippen molar-refractivity contribution in [1.82, 2.24) is 5.32 Å². The van der Waals surface area contributed by atoms with E-state index < -0.39 is 0 Å². The van der Waals surface area contributed by atoms with E-state index in [2.05, 4.69) is 12.2 Å². The Bertz CT molecular complexity index is 282. The molecule has 2 fully saturated rings. The molecule has 2 rings (SSSR count). The Morgan fingerprint density at radius 3 is 2.89 bits per heavy atom. The molecule has 1 saturated heterocycles. The maximum atomic E-state index is 11.8. The van der Waals surface area contributed by atoms with Gasteiger partial charge in [-0.2, -0.15) is 0 Å². The minimum atomic E-state index is -0.0141. The Morgan fingerprint density at radius 1 is 1.39 bits per heavy atom. The fourth-order valence-corrected chi connectivity index (χ4v) is 3.07. The van der Waals surface area contributed by atoms with Crippen LogP contribution >= 0.6 is 0 Å². The van der Waals surface area contributed by atoms with Gasteiger partial charge in [-0.1, -0.05) is 6.42 Å². The van der Waals surface area contributed by atoms with E-state index in [-0.39, 0.29) is 11.9 Å². The molecule has 4 unspecified atom stereocenters. The highest BCUT2D eigenvalue weighted by Gasteiger charge is 2.32. The lowest BCUT2D eigenvalue weighted by atomic mass is 9.85. The van der Waals surface area contributed by atoms with Crippen molar-refractivity contribution in [3.05, 3.63) is 0 Å². The minimum Gasteiger partial charge on any atom is -0.466 e. The molecular formula is C14H25NO3. The summed E-state index contributed by atoms with van der Waals surface area (Å²) >= 11 is 0. The number of esters is 1. The molecule has 0 bridgehead atoms. The fourth-order valence-electron chi connectivity index (χ4n) is 3.07. The van der Waals surface area contributed by atoms with Gasteiger partial charge in [-0.05, 0) is 39.5 Å². The molecule has 0 amide bonds. The second-order valence-electron chi connectivity index (χ2n) is 5.45. The summed E-state index contributed by atoms with van der Waals surface area (Å²) in [6.45, 7) is 5.33. The first-order valence-electron chi connectivity index (χ1n) is 7.25. The molecule has 1 aliphatic carbocycles. The van der Waals surface area contributed by atoms with Crippen molar-refractivity contribution < 1.29 is 14.3 Å². The molecule has 4 nitrogen and oxygen atoms in total. The van der Waals surface area contributed by atoms with Crippen LogP contribution in [0.3, 0.4) is 0 Å². The topological polar surface area (TPSA) is 47.6 Å². The summed E-state index contributed by atoms with van der Waals surface area (Å²) in [6, 6.07) is 0.901. The van der Waals surface area contributed by atoms with Gasteiger partial charge in [0.1, 0.15) is 0 Å². The van der Waals surface area contributed by atoms with Crippen molar-refractivity contribution >= 4 is 5.97 Å². The SMILES string of the molecule is CCOC(=O)C1CCCC(NC2CCOC2C)C1. The van der Waals surface area contributed by atoms with Gasteiger partial charge in [-0.15, -0.1) is 0 Å². The van der Waals surface area contributed by atoms with Crippen LogP contribution in [0, 0.1) is 5.92 Å². The largest absolute Gasteiger partial charge is 0.466 e. The van der Waals surface area contributed by atoms with Crippen LogP contribution in [0.25, 0.3) is 0 Å². The van der Waals surface area contributed by atoms with E-state index in [4.69, 9.17) is 9.47 Å². The lowest BCUT2D eigenvalue weighted by Crippen LogP contribution is -2.45. The standard InChI is InChI=1S/C14H25NO3/c1-3-17-14(16)11-5-4-6-12(9-11)15-13-7-8-18-10(13)2/h10-13,15H,3-9H2,1-2H3. The van der Waals surface area contributed by atoms with Gasteiger partial charge in [0.2, 0.25) is 0 Å². The van der Waals surface area contributed by atoms with Gasteiger partial charge >= 0.3 is 5.97 Å². The number of nitrogens with one attached hydrogen (secondary N) is 1. The van der Waals surface area contributed by atoms with E-state index in [1.54, 1.807) is 0 Å². The van der Waals surface area contributed by atoms with Crippen LogP contribution in [0.4, 0.5) is 0 Å². The van der Waals surface area contributed by atoms with Gasteiger partial charge in [0.05, 0.1) is 18.6 Å². The van der Waals surface area contributed by atoms with Crippen LogP contribution in [0.2, 0.25) is 0 Å². The molecule has 1 heterocycles. The molecule has 0 aromatic heterocycles. The quantitative estimate of drug-likeness (QED) is 0.779. The van der Waals surface area contributed by atoms with Crippen LogP contribution in [-0.4, -0.2) is 37.4 Å². The van der Waals surface area contributed by atoms with Gasteiger partial charge in [-0.3, -0.25) is 4.79 Å². The summed E-state index contributed by atoms with van der Waals surface area (Å²) in [4.78, 5) is 11.8. The van der Waals surface area contributed by atoms with E-state index in [1.807, 2.05) is 6.92 Å². The maximum Gasteiger partial charge on any atom is 0.308 e. The minimum absolute atomic E-state index is 0.0141. The van der Waals surface area contributed by atoms with Gasteiger partial charge in [-0.25, -0.2) is 0 Å². The molecule has 104 valence electrons. The van der Waals surface area contributed by atoms with E-state index >= 15 is 0 Å². The number of hydrogen-bond acceptors (Lipinski definition) is 4. The molecule has 0 spiro atoms. The number of carbonyl (C=O) groups is 1. The van der Waals surface area contributed by atoms with E-state index in [1.165, 1.54) is 6.42 Å². The molecule has 18 heavy (non-hydrogen) atoms. The zero-order chi connectivity index (χ0) is 13.0. The molecule has 0 aromatic carbocycles. The van der Waals surface area contributed by atoms with Gasteiger partial charge < -0.3 is 14.8 Å². The van der Waals surface area contributed by atoms with Crippen molar-refractivity contribution in [3.8, 4) is 0 Å². The van der Waals surface area contributed by atoms with Crippen molar-refractivity contribution in [2.45, 2.75) is 64.1 Å². The van der Waals surface area contributed by atoms with Crippen LogP contribution in [0.15, 0.2) is 0 Å². The van der Waals surface area contributed by atoms with Gasteiger partial charge in [0.25, 0.3) is 0 Å². The summed E-state index contributed by atoms with van der Waals surface area (Å²) in [5.74, 6) is 0.0774. The van der Waals surface area contributed by atoms with Gasteiger partial charge in [0, 0.05) is 18.7 Å². The molecule has 1 aliphatic heterocycles. The smallest absolute Gasteiger partial charge is 0.308 e. The normalized spacial score (nSPS) is 36.6. The summed E-state index contributed by atoms with van der Waals surface area (Å²) in [7, 11) is 0. The van der Waals surface area contributed by atoms with Crippen LogP contribution in [0.5, 0.6) is 0 Å². The molecule has 4 heteroatoms. The third kappa shape index (κ3) is 3.45. The Morgan fingerprint density at radius 2 is 2.22 bits per heavy atom. The molecule has 0 radical (unpaired) electrons. The molecular weight excluding hydrogens is 230 g/mol. The maximum absolute atomic E-state index is 11.8. The van der Waals surface area contributed by atoms with Crippen molar-refractivity contribution in [1.29, 1.82) is 0 Å². The van der Waals surface area contributed by atoms with Crippen LogP contribution in [-0.2, 0) is 14.3 Å². The second-order valence-corrected chi connectivity index (χ2v) is 5.45. The summed E-state index contributed by atoms with van der Waals surface area (Å²) in [6.07, 6.45) is 5.56. The third-order valence-electron chi connectivity index (χ3n) is 4.12. The van der Waals surface area contributed by atoms with Crippen molar-refractivity contribution in [3.63, 3.8) is 0 Å². The predicted octanol–water partition coefficient (Wildman–Crippen LogP) is 1.88. The number of carbonyl (C=O) groups excluding carboxylic acids is 1. The highest BCUT2D eigenvalue weighted by molar-refractivity contribution is 5.72. The molecule has 0 aromatic rings. The monoisotopic (exact) mass is 255 g/mol. The Labute approximate surface area is 109 Å². The first kappa shape index (κ1) is 13.8. The Balaban J connectivity index is 1.81. The van der Waals surface area contributed by atoms with E-state index in [0.717, 1.165) is 32.3 Å². The highest BCUT2D eigenvalue weighted by Crippen LogP contribution is 2.27. The third-order valence-corrected chi connectivity index (χ3v) is 4.12. The van der Waals surface area contributed by atoms with Crippen LogP contribution in [0.1, 0.15) is 46.0 Å². The molecule has 4 atom stereocenters. The Kier molecular flexibility index (Phi) is 5.01. The average molecular weight is 255 g/mol. The second kappa shape index (κ2) is 6.53. The van der Waals surface area contributed by atoms with Crippen molar-refractivity contribution in [2.75, 3.05) is 13.2 Å². The lowest BCUT2D eigenvalue weighted by Gasteiger charge is -2.31. The zero-order valence-corrected chi connectivity index (χ0v) is 11.5. The first-order valence-corrected chi connectivity index (χ1v) is 7.25. The van der Waals surface area contributed by atoms with Gasteiger partial charge in [0.15, 0.2) is 0 Å². The molecule has 1 N–H and O–H groups in total. The number of ether oxygens (including phenoxy) is 2. The lowest BCUT2D eigenvalue weighted by molar-refractivity contribution is -0.149. The molecule has 2 aliphatic rings. The van der Waals surface area contributed by atoms with Crippen molar-refractivity contribution in [2.24, 2.45) is 5.92 Å². The molecule has 1 saturated carbocycles. The van der Waals surface area contributed by atoms with E-state index in [0.29, 0.717) is 24.8 Å². The summed E-state index contributed by atoms with van der Waals surface area (Å²) in [5.41, 5.74) is 0. The highest BCUT2D eigenvalue weighted by atomic mass is 16.5. The average Bonchev–Trinajstić information content (AvgIpc) is 2.76. The number of rotatable bonds is 4. The zero-order valence-electron chi connectivity index (χ0n) is 11.5.